The van der Waals surface area contributed by atoms with Crippen LogP contribution in [-0.4, -0.2) is 32.9 Å². The van der Waals surface area contributed by atoms with Gasteiger partial charge in [0.2, 0.25) is 0 Å². The molecule has 0 fully saturated rings. The number of aromatic nitrogens is 5. The van der Waals surface area contributed by atoms with Crippen molar-refractivity contribution in [2.45, 2.75) is 4.90 Å². The van der Waals surface area contributed by atoms with Crippen LogP contribution in [0.4, 0.5) is 26.0 Å². The Hall–Kier alpha value is -3.97. The second kappa shape index (κ2) is 8.18. The molecule has 0 spiro atoms. The molecule has 5 rings (SSSR count). The molecule has 0 saturated carbocycles. The highest BCUT2D eigenvalue weighted by molar-refractivity contribution is 7.92. The predicted octanol–water partition coefficient (Wildman–Crippen LogP) is 4.09. The average Bonchev–Trinajstić information content (AvgIpc) is 3.50. The Morgan fingerprint density at radius 3 is 2.76 bits per heavy atom. The molecule has 0 amide bonds. The number of rotatable bonds is 6. The quantitative estimate of drug-likeness (QED) is 0.372. The highest BCUT2D eigenvalue weighted by Crippen LogP contribution is 2.32. The van der Waals surface area contributed by atoms with Crippen molar-refractivity contribution < 1.29 is 17.2 Å². The minimum Gasteiger partial charge on any atom is -0.334 e. The maximum Gasteiger partial charge on any atom is 0.262 e. The second-order valence-electron chi connectivity index (χ2n) is 6.69. The fourth-order valence-corrected chi connectivity index (χ4v) is 5.19. The third kappa shape index (κ3) is 3.87. The summed E-state index contributed by atoms with van der Waals surface area (Å²) in [5.41, 5.74) is 0.429. The first-order valence-corrected chi connectivity index (χ1v) is 11.7. The molecule has 0 bridgehead atoms. The zero-order valence-electron chi connectivity index (χ0n) is 16.5. The zero-order valence-corrected chi connectivity index (χ0v) is 18.1. The Kier molecular flexibility index (Phi) is 5.18. The van der Waals surface area contributed by atoms with Gasteiger partial charge in [0.1, 0.15) is 29.7 Å². The fourth-order valence-electron chi connectivity index (χ4n) is 3.10. The van der Waals surface area contributed by atoms with Crippen LogP contribution in [0.2, 0.25) is 0 Å². The van der Waals surface area contributed by atoms with Crippen LogP contribution in [0.3, 0.4) is 0 Å². The van der Waals surface area contributed by atoms with Gasteiger partial charge in [0.15, 0.2) is 17.3 Å². The Morgan fingerprint density at radius 1 is 1.06 bits per heavy atom. The van der Waals surface area contributed by atoms with Gasteiger partial charge in [0.25, 0.3) is 10.0 Å². The zero-order chi connectivity index (χ0) is 23.0. The van der Waals surface area contributed by atoms with Gasteiger partial charge in [-0.15, -0.1) is 0 Å². The maximum atomic E-state index is 15.2. The molecule has 4 aromatic heterocycles. The van der Waals surface area contributed by atoms with Crippen LogP contribution in [0.25, 0.3) is 16.9 Å². The second-order valence-corrected chi connectivity index (χ2v) is 9.15. The molecule has 33 heavy (non-hydrogen) atoms. The van der Waals surface area contributed by atoms with Gasteiger partial charge in [-0.05, 0) is 35.7 Å². The minimum atomic E-state index is -4.03. The number of hydrogen-bond acceptors (Lipinski definition) is 8. The van der Waals surface area contributed by atoms with Crippen molar-refractivity contribution in [1.29, 1.82) is 0 Å². The summed E-state index contributed by atoms with van der Waals surface area (Å²) in [6.07, 6.45) is 5.82. The van der Waals surface area contributed by atoms with E-state index < -0.39 is 33.0 Å². The molecular weight excluding hydrogens is 472 g/mol. The molecule has 0 aliphatic carbocycles. The summed E-state index contributed by atoms with van der Waals surface area (Å²) < 4.78 is 58.5. The molecule has 0 aliphatic rings. The number of sulfonamides is 1. The summed E-state index contributed by atoms with van der Waals surface area (Å²) >= 11 is 1.18. The van der Waals surface area contributed by atoms with Gasteiger partial charge in [-0.2, -0.15) is 11.3 Å². The molecule has 4 heterocycles. The highest BCUT2D eigenvalue weighted by Gasteiger charge is 2.21. The van der Waals surface area contributed by atoms with E-state index in [1.165, 1.54) is 47.8 Å². The Labute approximate surface area is 189 Å². The molecule has 5 aromatic rings. The highest BCUT2D eigenvalue weighted by atomic mass is 32.2. The first kappa shape index (κ1) is 20.9. The molecular formula is C20H13F2N7O2S2. The summed E-state index contributed by atoms with van der Waals surface area (Å²) in [4.78, 5) is 16.5. The molecule has 0 radical (unpaired) electrons. The number of pyridine rings is 1. The third-order valence-corrected chi connectivity index (χ3v) is 6.84. The van der Waals surface area contributed by atoms with Crippen molar-refractivity contribution in [3.05, 3.63) is 77.8 Å². The number of thiophene rings is 1. The van der Waals surface area contributed by atoms with Crippen LogP contribution >= 0.6 is 11.3 Å². The molecule has 9 nitrogen and oxygen atoms in total. The van der Waals surface area contributed by atoms with E-state index in [9.17, 15) is 12.8 Å². The fraction of sp³-hybridized carbons (Fsp3) is 0. The molecule has 0 atom stereocenters. The number of nitrogens with one attached hydrogen (secondary N) is 2. The number of hydrogen-bond donors (Lipinski definition) is 2. The molecule has 0 unspecified atom stereocenters. The number of benzene rings is 1. The van der Waals surface area contributed by atoms with Crippen molar-refractivity contribution in [3.8, 4) is 5.69 Å². The standard InChI is InChI=1S/C20H13F2N7O2S2/c21-13-3-4-14(28-33(30,31)12-5-7-32-9-12)17(22)18(13)27-19-16(2-1-6-24-19)29-11-26-15-8-23-10-25-20(15)29/h1-11,28H,(H,24,27). The van der Waals surface area contributed by atoms with E-state index in [0.717, 1.165) is 12.1 Å². The van der Waals surface area contributed by atoms with Crippen molar-refractivity contribution in [2.24, 2.45) is 0 Å². The largest absolute Gasteiger partial charge is 0.334 e. The summed E-state index contributed by atoms with van der Waals surface area (Å²) in [6, 6.07) is 6.66. The molecule has 13 heteroatoms. The third-order valence-electron chi connectivity index (χ3n) is 4.64. The van der Waals surface area contributed by atoms with Crippen LogP contribution in [0.5, 0.6) is 0 Å². The maximum absolute atomic E-state index is 15.2. The van der Waals surface area contributed by atoms with Crippen molar-refractivity contribution >= 4 is 49.7 Å². The monoisotopic (exact) mass is 485 g/mol. The van der Waals surface area contributed by atoms with E-state index in [1.54, 1.807) is 22.1 Å². The van der Waals surface area contributed by atoms with Crippen molar-refractivity contribution in [3.63, 3.8) is 0 Å². The van der Waals surface area contributed by atoms with Crippen LogP contribution in [-0.2, 0) is 10.0 Å². The smallest absolute Gasteiger partial charge is 0.262 e. The van der Waals surface area contributed by atoms with E-state index in [4.69, 9.17) is 0 Å². The number of imidazole rings is 1. The first-order chi connectivity index (χ1) is 15.9. The van der Waals surface area contributed by atoms with Gasteiger partial charge in [0.05, 0.1) is 22.5 Å². The van der Waals surface area contributed by atoms with Gasteiger partial charge >= 0.3 is 0 Å². The van der Waals surface area contributed by atoms with Crippen LogP contribution in [0.1, 0.15) is 0 Å². The Balaban J connectivity index is 1.54. The Bertz CT molecular complexity index is 1570. The topological polar surface area (TPSA) is 115 Å². The summed E-state index contributed by atoms with van der Waals surface area (Å²) in [7, 11) is -4.03. The van der Waals surface area contributed by atoms with E-state index in [0.29, 0.717) is 16.9 Å². The van der Waals surface area contributed by atoms with Gasteiger partial charge in [-0.3, -0.25) is 9.29 Å². The number of nitrogens with zero attached hydrogens (tertiary/aromatic N) is 5. The molecule has 2 N–H and O–H groups in total. The lowest BCUT2D eigenvalue weighted by Crippen LogP contribution is -2.14. The van der Waals surface area contributed by atoms with Gasteiger partial charge in [0, 0.05) is 11.6 Å². The average molecular weight is 486 g/mol. The minimum absolute atomic E-state index is 0.0216. The van der Waals surface area contributed by atoms with Gasteiger partial charge in [-0.25, -0.2) is 37.1 Å². The number of fused-ring (bicyclic) bond motifs is 1. The van der Waals surface area contributed by atoms with E-state index in [1.807, 2.05) is 0 Å². The Morgan fingerprint density at radius 2 is 1.94 bits per heavy atom. The lowest BCUT2D eigenvalue weighted by molar-refractivity contribution is 0.588. The molecule has 0 aliphatic heterocycles. The molecule has 0 saturated heterocycles. The van der Waals surface area contributed by atoms with Crippen molar-refractivity contribution in [2.75, 3.05) is 10.0 Å². The van der Waals surface area contributed by atoms with E-state index >= 15 is 4.39 Å². The van der Waals surface area contributed by atoms with Gasteiger partial charge < -0.3 is 5.32 Å². The summed E-state index contributed by atoms with van der Waals surface area (Å²) in [6.45, 7) is 0. The number of halogens is 2. The lowest BCUT2D eigenvalue weighted by Gasteiger charge is -2.15. The summed E-state index contributed by atoms with van der Waals surface area (Å²) in [5.74, 6) is -1.95. The van der Waals surface area contributed by atoms with Crippen LogP contribution in [0.15, 0.2) is 71.0 Å². The summed E-state index contributed by atoms with van der Waals surface area (Å²) in [5, 5.41) is 5.62. The first-order valence-electron chi connectivity index (χ1n) is 9.32. The van der Waals surface area contributed by atoms with Crippen LogP contribution in [0, 0.1) is 11.6 Å². The van der Waals surface area contributed by atoms with Gasteiger partial charge in [-0.1, -0.05) is 0 Å². The molecule has 166 valence electrons. The molecule has 1 aromatic carbocycles. The number of anilines is 3. The lowest BCUT2D eigenvalue weighted by atomic mass is 10.2. The normalized spacial score (nSPS) is 11.6. The SMILES string of the molecule is O=S(=O)(Nc1ccc(F)c(Nc2ncccc2-n2cnc3cncnc32)c1F)c1ccsc1. The van der Waals surface area contributed by atoms with E-state index in [-0.39, 0.29) is 10.7 Å². The predicted molar refractivity (Wildman–Crippen MR) is 119 cm³/mol. The van der Waals surface area contributed by atoms with Crippen LogP contribution < -0.4 is 10.0 Å². The van der Waals surface area contributed by atoms with Crippen molar-refractivity contribution in [1.82, 2.24) is 24.5 Å². The van der Waals surface area contributed by atoms with E-state index in [2.05, 4.69) is 30.0 Å².